The zero-order valence-corrected chi connectivity index (χ0v) is 19.0. The van der Waals surface area contributed by atoms with E-state index >= 15 is 0 Å². The first-order valence-corrected chi connectivity index (χ1v) is 11.5. The first-order valence-electron chi connectivity index (χ1n) is 11.5. The van der Waals surface area contributed by atoms with Gasteiger partial charge in [-0.2, -0.15) is 0 Å². The minimum absolute atomic E-state index is 0.222. The second-order valence-corrected chi connectivity index (χ2v) is 8.62. The smallest absolute Gasteiger partial charge is 0.333 e. The molecule has 3 rings (SSSR count). The molecule has 0 bridgehead atoms. The Morgan fingerprint density at radius 2 is 1.35 bits per heavy atom. The number of rotatable bonds is 9. The van der Waals surface area contributed by atoms with E-state index in [-0.39, 0.29) is 42.6 Å². The maximum atomic E-state index is 12.5. The molecule has 0 saturated heterocycles. The molecule has 2 fully saturated rings. The Balaban J connectivity index is 1.36. The number of carbonyl (C=O) groups excluding carboxylic acids is 3. The van der Waals surface area contributed by atoms with Gasteiger partial charge < -0.3 is 24.1 Å². The van der Waals surface area contributed by atoms with Crippen LogP contribution in [0.1, 0.15) is 51.4 Å². The third-order valence-electron chi connectivity index (χ3n) is 6.34. The second-order valence-electron chi connectivity index (χ2n) is 8.62. The molecule has 2 aliphatic carbocycles. The fraction of sp³-hybridized carbons (Fsp3) is 0.520. The molecule has 2 aliphatic rings. The lowest BCUT2D eigenvalue weighted by molar-refractivity contribution is -0.159. The number of carboxylic acid groups (broad SMARTS) is 1. The Bertz CT molecular complexity index is 876. The SMILES string of the molecule is C=CC(=O)OCOc1ccc(OC(=O)C2CCC(OC(=O)C3CCC(C(=O)O)CC3)CC2)cc1. The average molecular weight is 475 g/mol. The third kappa shape index (κ3) is 7.33. The summed E-state index contributed by atoms with van der Waals surface area (Å²) in [6, 6.07) is 6.39. The van der Waals surface area contributed by atoms with Crippen molar-refractivity contribution in [2.75, 3.05) is 6.79 Å². The average Bonchev–Trinajstić information content (AvgIpc) is 2.85. The van der Waals surface area contributed by atoms with Crippen LogP contribution in [0.5, 0.6) is 11.5 Å². The van der Waals surface area contributed by atoms with E-state index < -0.39 is 11.9 Å². The molecule has 0 aromatic heterocycles. The third-order valence-corrected chi connectivity index (χ3v) is 6.34. The zero-order chi connectivity index (χ0) is 24.5. The number of carboxylic acids is 1. The molecule has 0 atom stereocenters. The van der Waals surface area contributed by atoms with Gasteiger partial charge >= 0.3 is 23.9 Å². The highest BCUT2D eigenvalue weighted by atomic mass is 16.7. The van der Waals surface area contributed by atoms with Crippen LogP contribution < -0.4 is 9.47 Å². The summed E-state index contributed by atoms with van der Waals surface area (Å²) in [5, 5.41) is 9.08. The van der Waals surface area contributed by atoms with Gasteiger partial charge in [0.2, 0.25) is 6.79 Å². The van der Waals surface area contributed by atoms with E-state index in [0.717, 1.165) is 6.08 Å². The second kappa shape index (κ2) is 12.2. The van der Waals surface area contributed by atoms with Crippen molar-refractivity contribution in [1.82, 2.24) is 0 Å². The molecule has 0 aliphatic heterocycles. The fourth-order valence-corrected chi connectivity index (χ4v) is 4.27. The van der Waals surface area contributed by atoms with E-state index in [2.05, 4.69) is 6.58 Å². The van der Waals surface area contributed by atoms with Gasteiger partial charge in [0.25, 0.3) is 0 Å². The van der Waals surface area contributed by atoms with Crippen LogP contribution in [0.4, 0.5) is 0 Å². The lowest BCUT2D eigenvalue weighted by Gasteiger charge is -2.30. The van der Waals surface area contributed by atoms with Crippen molar-refractivity contribution in [3.63, 3.8) is 0 Å². The van der Waals surface area contributed by atoms with Crippen LogP contribution in [-0.2, 0) is 28.7 Å². The minimum Gasteiger partial charge on any atom is -0.481 e. The van der Waals surface area contributed by atoms with E-state index in [1.54, 1.807) is 24.3 Å². The molecule has 1 aromatic rings. The Kier molecular flexibility index (Phi) is 9.07. The molecule has 0 heterocycles. The van der Waals surface area contributed by atoms with Gasteiger partial charge in [0.05, 0.1) is 17.8 Å². The molecule has 9 nitrogen and oxygen atoms in total. The summed E-state index contributed by atoms with van der Waals surface area (Å²) in [7, 11) is 0. The van der Waals surface area contributed by atoms with Gasteiger partial charge in [0.1, 0.15) is 17.6 Å². The van der Waals surface area contributed by atoms with Crippen LogP contribution in [0.3, 0.4) is 0 Å². The van der Waals surface area contributed by atoms with Crippen molar-refractivity contribution in [2.24, 2.45) is 17.8 Å². The van der Waals surface area contributed by atoms with Gasteiger partial charge in [0.15, 0.2) is 0 Å². The van der Waals surface area contributed by atoms with E-state index in [1.807, 2.05) is 0 Å². The standard InChI is InChI=1S/C25H30O9/c1-2-22(26)32-15-31-19-11-13-21(14-12-19)34-25(30)18-7-9-20(10-8-18)33-24(29)17-5-3-16(4-6-17)23(27)28/h2,11-14,16-18,20H,1,3-10,15H2,(H,27,28). The van der Waals surface area contributed by atoms with Crippen LogP contribution in [-0.4, -0.2) is 41.9 Å². The topological polar surface area (TPSA) is 125 Å². The monoisotopic (exact) mass is 474 g/mol. The summed E-state index contributed by atoms with van der Waals surface area (Å²) in [4.78, 5) is 47.0. The number of benzene rings is 1. The Morgan fingerprint density at radius 3 is 1.94 bits per heavy atom. The Morgan fingerprint density at radius 1 is 0.824 bits per heavy atom. The highest BCUT2D eigenvalue weighted by Gasteiger charge is 2.34. The summed E-state index contributed by atoms with van der Waals surface area (Å²) in [6.07, 6.45) is 5.23. The van der Waals surface area contributed by atoms with Crippen molar-refractivity contribution < 1.29 is 43.2 Å². The summed E-state index contributed by atoms with van der Waals surface area (Å²) in [5.74, 6) is -2.00. The maximum absolute atomic E-state index is 12.5. The van der Waals surface area contributed by atoms with E-state index in [4.69, 9.17) is 24.1 Å². The lowest BCUT2D eigenvalue weighted by Crippen LogP contribution is -2.33. The molecular formula is C25H30O9. The van der Waals surface area contributed by atoms with Crippen LogP contribution in [0.25, 0.3) is 0 Å². The highest BCUT2D eigenvalue weighted by molar-refractivity contribution is 5.81. The molecule has 0 radical (unpaired) electrons. The summed E-state index contributed by atoms with van der Waals surface area (Å²) in [6.45, 7) is 3.04. The van der Waals surface area contributed by atoms with Gasteiger partial charge in [-0.15, -0.1) is 0 Å². The van der Waals surface area contributed by atoms with E-state index in [1.165, 1.54) is 0 Å². The number of ether oxygens (including phenoxy) is 4. The van der Waals surface area contributed by atoms with Gasteiger partial charge in [-0.3, -0.25) is 14.4 Å². The van der Waals surface area contributed by atoms with Crippen molar-refractivity contribution in [3.05, 3.63) is 36.9 Å². The molecule has 184 valence electrons. The highest BCUT2D eigenvalue weighted by Crippen LogP contribution is 2.32. The first-order chi connectivity index (χ1) is 16.4. The molecule has 9 heteroatoms. The summed E-state index contributed by atoms with van der Waals surface area (Å²) < 4.78 is 21.1. The molecule has 2 saturated carbocycles. The molecule has 34 heavy (non-hydrogen) atoms. The van der Waals surface area contributed by atoms with Crippen LogP contribution in [0.2, 0.25) is 0 Å². The predicted octanol–water partition coefficient (Wildman–Crippen LogP) is 3.65. The van der Waals surface area contributed by atoms with Gasteiger partial charge in [-0.1, -0.05) is 6.58 Å². The van der Waals surface area contributed by atoms with Crippen LogP contribution in [0, 0.1) is 17.8 Å². The fourth-order valence-electron chi connectivity index (χ4n) is 4.27. The summed E-state index contributed by atoms with van der Waals surface area (Å²) >= 11 is 0. The maximum Gasteiger partial charge on any atom is 0.333 e. The molecule has 0 amide bonds. The normalized spacial score (nSPS) is 24.4. The number of carbonyl (C=O) groups is 4. The van der Waals surface area contributed by atoms with Gasteiger partial charge in [-0.05, 0) is 75.6 Å². The molecule has 0 spiro atoms. The zero-order valence-electron chi connectivity index (χ0n) is 19.0. The minimum atomic E-state index is -0.798. The van der Waals surface area contributed by atoms with Crippen molar-refractivity contribution in [1.29, 1.82) is 0 Å². The lowest BCUT2D eigenvalue weighted by atomic mass is 9.82. The van der Waals surface area contributed by atoms with Crippen molar-refractivity contribution in [3.8, 4) is 11.5 Å². The van der Waals surface area contributed by atoms with Crippen LogP contribution >= 0.6 is 0 Å². The largest absolute Gasteiger partial charge is 0.481 e. The van der Waals surface area contributed by atoms with E-state index in [9.17, 15) is 19.2 Å². The van der Waals surface area contributed by atoms with Crippen molar-refractivity contribution >= 4 is 23.9 Å². The molecule has 1 aromatic carbocycles. The van der Waals surface area contributed by atoms with Gasteiger partial charge in [0, 0.05) is 6.08 Å². The number of aliphatic carboxylic acids is 1. The summed E-state index contributed by atoms with van der Waals surface area (Å²) in [5.41, 5.74) is 0. The molecule has 1 N–H and O–H groups in total. The quantitative estimate of drug-likeness (QED) is 0.247. The predicted molar refractivity (Wildman–Crippen MR) is 119 cm³/mol. The number of hydrogen-bond donors (Lipinski definition) is 1. The van der Waals surface area contributed by atoms with Crippen LogP contribution in [0.15, 0.2) is 36.9 Å². The van der Waals surface area contributed by atoms with Gasteiger partial charge in [-0.25, -0.2) is 4.79 Å². The van der Waals surface area contributed by atoms with E-state index in [0.29, 0.717) is 62.9 Å². The molecular weight excluding hydrogens is 444 g/mol. The van der Waals surface area contributed by atoms with Crippen molar-refractivity contribution in [2.45, 2.75) is 57.5 Å². The Labute approximate surface area is 198 Å². The first kappa shape index (κ1) is 25.3. The number of esters is 3. The Hall–Kier alpha value is -3.36. The number of hydrogen-bond acceptors (Lipinski definition) is 8. The molecule has 0 unspecified atom stereocenters.